The molecule has 116 valence electrons. The summed E-state index contributed by atoms with van der Waals surface area (Å²) in [4.78, 5) is 11.5. The molecule has 4 heteroatoms. The van der Waals surface area contributed by atoms with Gasteiger partial charge >= 0.3 is 5.97 Å². The van der Waals surface area contributed by atoms with E-state index in [0.29, 0.717) is 17.9 Å². The Balaban J connectivity index is 2.16. The lowest BCUT2D eigenvalue weighted by molar-refractivity contribution is -0.145. The molecular weight excluding hydrogens is 280 g/mol. The second-order valence-corrected chi connectivity index (χ2v) is 5.18. The Kier molecular flexibility index (Phi) is 5.04. The van der Waals surface area contributed by atoms with Crippen LogP contribution in [0.5, 0.6) is 11.5 Å². The SMILES string of the molecule is COc1ccc(O[C@H](Cc2cccc(C)c2C)C(=O)O)cc1. The van der Waals surface area contributed by atoms with Crippen molar-refractivity contribution in [1.29, 1.82) is 0 Å². The molecule has 0 aromatic heterocycles. The van der Waals surface area contributed by atoms with E-state index in [1.165, 1.54) is 0 Å². The third kappa shape index (κ3) is 3.79. The standard InChI is InChI=1S/C18H20O4/c1-12-5-4-6-14(13(12)2)11-17(18(19)20)22-16-9-7-15(21-3)8-10-16/h4-10,17H,11H2,1-3H3,(H,19,20)/t17-/m1/s1. The number of aryl methyl sites for hydroxylation is 1. The summed E-state index contributed by atoms with van der Waals surface area (Å²) in [6.45, 7) is 4.01. The second-order valence-electron chi connectivity index (χ2n) is 5.18. The number of benzene rings is 2. The van der Waals surface area contributed by atoms with Gasteiger partial charge in [-0.15, -0.1) is 0 Å². The molecule has 0 saturated carbocycles. The van der Waals surface area contributed by atoms with Crippen molar-refractivity contribution in [2.75, 3.05) is 7.11 Å². The first-order valence-corrected chi connectivity index (χ1v) is 7.10. The Morgan fingerprint density at radius 3 is 2.32 bits per heavy atom. The number of carboxylic acids is 1. The molecule has 2 rings (SSSR count). The minimum Gasteiger partial charge on any atom is -0.497 e. The summed E-state index contributed by atoms with van der Waals surface area (Å²) in [5.74, 6) is 0.240. The first kappa shape index (κ1) is 15.9. The van der Waals surface area contributed by atoms with Gasteiger partial charge < -0.3 is 14.6 Å². The summed E-state index contributed by atoms with van der Waals surface area (Å²) in [5.41, 5.74) is 3.24. The van der Waals surface area contributed by atoms with Gasteiger partial charge in [-0.2, -0.15) is 0 Å². The molecule has 1 N–H and O–H groups in total. The Bertz CT molecular complexity index is 647. The van der Waals surface area contributed by atoms with Crippen LogP contribution in [0.4, 0.5) is 0 Å². The van der Waals surface area contributed by atoms with Gasteiger partial charge in [0.2, 0.25) is 0 Å². The number of methoxy groups -OCH3 is 1. The van der Waals surface area contributed by atoms with Crippen LogP contribution in [0.3, 0.4) is 0 Å². The van der Waals surface area contributed by atoms with Gasteiger partial charge in [0, 0.05) is 6.42 Å². The molecular formula is C18H20O4. The van der Waals surface area contributed by atoms with E-state index >= 15 is 0 Å². The Hall–Kier alpha value is -2.49. The molecule has 0 radical (unpaired) electrons. The smallest absolute Gasteiger partial charge is 0.345 e. The average molecular weight is 300 g/mol. The zero-order valence-corrected chi connectivity index (χ0v) is 13.0. The van der Waals surface area contributed by atoms with Gasteiger partial charge in [0.15, 0.2) is 6.10 Å². The third-order valence-corrected chi connectivity index (χ3v) is 3.74. The van der Waals surface area contributed by atoms with E-state index in [9.17, 15) is 9.90 Å². The lowest BCUT2D eigenvalue weighted by Gasteiger charge is -2.17. The number of carboxylic acid groups (broad SMARTS) is 1. The van der Waals surface area contributed by atoms with Crippen LogP contribution < -0.4 is 9.47 Å². The summed E-state index contributed by atoms with van der Waals surface area (Å²) in [6.07, 6.45) is -0.594. The van der Waals surface area contributed by atoms with Crippen molar-refractivity contribution in [2.45, 2.75) is 26.4 Å². The molecule has 0 aliphatic carbocycles. The van der Waals surface area contributed by atoms with Crippen molar-refractivity contribution >= 4 is 5.97 Å². The monoisotopic (exact) mass is 300 g/mol. The minimum atomic E-state index is -0.975. The van der Waals surface area contributed by atoms with E-state index in [1.807, 2.05) is 32.0 Å². The van der Waals surface area contributed by atoms with Crippen molar-refractivity contribution in [3.63, 3.8) is 0 Å². The predicted molar refractivity (Wildman–Crippen MR) is 84.7 cm³/mol. The third-order valence-electron chi connectivity index (χ3n) is 3.74. The van der Waals surface area contributed by atoms with Crippen molar-refractivity contribution in [2.24, 2.45) is 0 Å². The number of rotatable bonds is 6. The Morgan fingerprint density at radius 2 is 1.73 bits per heavy atom. The van der Waals surface area contributed by atoms with Gasteiger partial charge in [-0.25, -0.2) is 4.79 Å². The van der Waals surface area contributed by atoms with Gasteiger partial charge in [0.05, 0.1) is 7.11 Å². The summed E-state index contributed by atoms with van der Waals surface area (Å²) in [6, 6.07) is 12.8. The molecule has 2 aromatic rings. The number of hydrogen-bond acceptors (Lipinski definition) is 3. The molecule has 0 unspecified atom stereocenters. The number of hydrogen-bond donors (Lipinski definition) is 1. The number of aliphatic carboxylic acids is 1. The summed E-state index contributed by atoms with van der Waals surface area (Å²) in [5, 5.41) is 9.41. The minimum absolute atomic E-state index is 0.328. The largest absolute Gasteiger partial charge is 0.497 e. The van der Waals surface area contributed by atoms with E-state index in [1.54, 1.807) is 31.4 Å². The molecule has 22 heavy (non-hydrogen) atoms. The average Bonchev–Trinajstić information content (AvgIpc) is 2.51. The molecule has 0 fully saturated rings. The molecule has 0 bridgehead atoms. The van der Waals surface area contributed by atoms with E-state index in [-0.39, 0.29) is 0 Å². The normalized spacial score (nSPS) is 11.8. The van der Waals surface area contributed by atoms with Crippen LogP contribution in [0.25, 0.3) is 0 Å². The fourth-order valence-electron chi connectivity index (χ4n) is 2.23. The second kappa shape index (κ2) is 6.98. The first-order valence-electron chi connectivity index (χ1n) is 7.10. The van der Waals surface area contributed by atoms with Crippen LogP contribution in [0, 0.1) is 13.8 Å². The topological polar surface area (TPSA) is 55.8 Å². The maximum Gasteiger partial charge on any atom is 0.345 e. The maximum atomic E-state index is 11.5. The highest BCUT2D eigenvalue weighted by atomic mass is 16.5. The number of ether oxygens (including phenoxy) is 2. The van der Waals surface area contributed by atoms with Gasteiger partial charge in [-0.3, -0.25) is 0 Å². The highest BCUT2D eigenvalue weighted by Gasteiger charge is 2.21. The van der Waals surface area contributed by atoms with Crippen LogP contribution in [0.1, 0.15) is 16.7 Å². The van der Waals surface area contributed by atoms with Gasteiger partial charge in [-0.1, -0.05) is 18.2 Å². The molecule has 4 nitrogen and oxygen atoms in total. The molecule has 0 saturated heterocycles. The molecule has 1 atom stereocenters. The lowest BCUT2D eigenvalue weighted by atomic mass is 9.98. The summed E-state index contributed by atoms with van der Waals surface area (Å²) >= 11 is 0. The van der Waals surface area contributed by atoms with Crippen molar-refractivity contribution in [1.82, 2.24) is 0 Å². The molecule has 0 amide bonds. The van der Waals surface area contributed by atoms with Crippen LogP contribution in [0.2, 0.25) is 0 Å². The molecule has 0 spiro atoms. The van der Waals surface area contributed by atoms with Crippen LogP contribution >= 0.6 is 0 Å². The molecule has 0 aliphatic heterocycles. The van der Waals surface area contributed by atoms with Crippen LogP contribution in [0.15, 0.2) is 42.5 Å². The summed E-state index contributed by atoms with van der Waals surface area (Å²) in [7, 11) is 1.58. The highest BCUT2D eigenvalue weighted by molar-refractivity contribution is 5.73. The zero-order valence-electron chi connectivity index (χ0n) is 13.0. The van der Waals surface area contributed by atoms with Gasteiger partial charge in [0.25, 0.3) is 0 Å². The Labute approximate surface area is 130 Å². The fraction of sp³-hybridized carbons (Fsp3) is 0.278. The highest BCUT2D eigenvalue weighted by Crippen LogP contribution is 2.21. The molecule has 0 aliphatic rings. The van der Waals surface area contributed by atoms with Crippen LogP contribution in [-0.4, -0.2) is 24.3 Å². The summed E-state index contributed by atoms with van der Waals surface area (Å²) < 4.78 is 10.7. The van der Waals surface area contributed by atoms with E-state index in [2.05, 4.69) is 0 Å². The first-order chi connectivity index (χ1) is 10.5. The van der Waals surface area contributed by atoms with Crippen molar-refractivity contribution in [3.8, 4) is 11.5 Å². The van der Waals surface area contributed by atoms with Crippen LogP contribution in [-0.2, 0) is 11.2 Å². The fourth-order valence-corrected chi connectivity index (χ4v) is 2.23. The number of carbonyl (C=O) groups is 1. The Morgan fingerprint density at radius 1 is 1.09 bits per heavy atom. The van der Waals surface area contributed by atoms with E-state index < -0.39 is 12.1 Å². The quantitative estimate of drug-likeness (QED) is 0.888. The molecule has 0 heterocycles. The lowest BCUT2D eigenvalue weighted by Crippen LogP contribution is -2.29. The van der Waals surface area contributed by atoms with Crippen molar-refractivity contribution in [3.05, 3.63) is 59.2 Å². The van der Waals surface area contributed by atoms with Gasteiger partial charge in [0.1, 0.15) is 11.5 Å². The maximum absolute atomic E-state index is 11.5. The van der Waals surface area contributed by atoms with Gasteiger partial charge in [-0.05, 0) is 54.8 Å². The van der Waals surface area contributed by atoms with E-state index in [0.717, 1.165) is 16.7 Å². The van der Waals surface area contributed by atoms with Crippen molar-refractivity contribution < 1.29 is 19.4 Å². The molecule has 2 aromatic carbocycles. The predicted octanol–water partition coefficient (Wildman–Crippen LogP) is 3.39. The van der Waals surface area contributed by atoms with E-state index in [4.69, 9.17) is 9.47 Å². The zero-order chi connectivity index (χ0) is 16.1.